The zero-order chi connectivity index (χ0) is 17.4. The molecule has 1 N–H and O–H groups in total. The smallest absolute Gasteiger partial charge is 0.255 e. The molecule has 0 saturated carbocycles. The van der Waals surface area contributed by atoms with E-state index in [0.717, 1.165) is 5.56 Å². The molecular weight excluding hydrogens is 302 g/mol. The third kappa shape index (κ3) is 4.52. The van der Waals surface area contributed by atoms with Gasteiger partial charge < -0.3 is 10.2 Å². The fraction of sp³-hybridized carbons (Fsp3) is 0.211. The molecule has 2 rings (SSSR count). The molecule has 2 amide bonds. The van der Waals surface area contributed by atoms with Crippen molar-refractivity contribution in [2.75, 3.05) is 13.1 Å². The van der Waals surface area contributed by atoms with Crippen LogP contribution < -0.4 is 5.32 Å². The van der Waals surface area contributed by atoms with Crippen molar-refractivity contribution < 1.29 is 9.59 Å². The van der Waals surface area contributed by atoms with Crippen LogP contribution >= 0.6 is 0 Å². The van der Waals surface area contributed by atoms with Crippen LogP contribution in [-0.2, 0) is 6.54 Å². The first-order valence-electron chi connectivity index (χ1n) is 7.83. The summed E-state index contributed by atoms with van der Waals surface area (Å²) in [6.07, 6.45) is 4.53. The minimum absolute atomic E-state index is 0.146. The lowest BCUT2D eigenvalue weighted by Gasteiger charge is -2.21. The second-order valence-electron chi connectivity index (χ2n) is 5.27. The third-order valence-corrected chi connectivity index (χ3v) is 3.54. The first-order valence-corrected chi connectivity index (χ1v) is 7.83. The summed E-state index contributed by atoms with van der Waals surface area (Å²) >= 11 is 0. The number of carbonyl (C=O) groups is 2. The van der Waals surface area contributed by atoms with E-state index >= 15 is 0 Å². The average molecular weight is 323 g/mol. The topological polar surface area (TPSA) is 62.3 Å². The second-order valence-corrected chi connectivity index (χ2v) is 5.27. The molecule has 0 bridgehead atoms. The summed E-state index contributed by atoms with van der Waals surface area (Å²) in [5, 5.41) is 2.68. The van der Waals surface area contributed by atoms with Crippen LogP contribution in [0.5, 0.6) is 0 Å². The molecule has 124 valence electrons. The molecule has 0 spiro atoms. The van der Waals surface area contributed by atoms with Gasteiger partial charge in [-0.1, -0.05) is 36.4 Å². The number of nitrogens with zero attached hydrogens (tertiary/aromatic N) is 2. The molecule has 1 aromatic carbocycles. The second kappa shape index (κ2) is 8.62. The highest BCUT2D eigenvalue weighted by atomic mass is 16.2. The van der Waals surface area contributed by atoms with Crippen molar-refractivity contribution in [1.29, 1.82) is 0 Å². The fourth-order valence-corrected chi connectivity index (χ4v) is 2.26. The van der Waals surface area contributed by atoms with Gasteiger partial charge in [0.1, 0.15) is 0 Å². The molecular formula is C19H21N3O2. The van der Waals surface area contributed by atoms with Gasteiger partial charge >= 0.3 is 0 Å². The summed E-state index contributed by atoms with van der Waals surface area (Å²) in [6, 6.07) is 11.4. The maximum Gasteiger partial charge on any atom is 0.255 e. The Bertz CT molecular complexity index is 714. The van der Waals surface area contributed by atoms with Gasteiger partial charge in [-0.2, -0.15) is 0 Å². The van der Waals surface area contributed by atoms with Gasteiger partial charge in [0.2, 0.25) is 0 Å². The Morgan fingerprint density at radius 2 is 1.92 bits per heavy atom. The van der Waals surface area contributed by atoms with Gasteiger partial charge in [-0.25, -0.2) is 0 Å². The molecule has 0 fully saturated rings. The number of hydrogen-bond donors (Lipinski definition) is 1. The molecule has 0 aliphatic rings. The molecule has 0 atom stereocenters. The number of nitrogens with one attached hydrogen (secondary N) is 1. The van der Waals surface area contributed by atoms with E-state index in [-0.39, 0.29) is 11.8 Å². The summed E-state index contributed by atoms with van der Waals surface area (Å²) in [6.45, 7) is 6.93. The molecule has 5 heteroatoms. The molecule has 5 nitrogen and oxygen atoms in total. The van der Waals surface area contributed by atoms with Crippen LogP contribution in [-0.4, -0.2) is 34.8 Å². The molecule has 2 aromatic rings. The predicted molar refractivity (Wildman–Crippen MR) is 93.6 cm³/mol. The van der Waals surface area contributed by atoms with E-state index in [1.807, 2.05) is 37.3 Å². The van der Waals surface area contributed by atoms with Crippen LogP contribution in [0, 0.1) is 0 Å². The van der Waals surface area contributed by atoms with E-state index in [4.69, 9.17) is 0 Å². The van der Waals surface area contributed by atoms with Crippen LogP contribution in [0.4, 0.5) is 0 Å². The Kier molecular flexibility index (Phi) is 6.25. The van der Waals surface area contributed by atoms with E-state index < -0.39 is 0 Å². The predicted octanol–water partition coefficient (Wildman–Crippen LogP) is 2.66. The van der Waals surface area contributed by atoms with Crippen molar-refractivity contribution in [2.45, 2.75) is 13.5 Å². The van der Waals surface area contributed by atoms with Crippen molar-refractivity contribution in [3.8, 4) is 0 Å². The van der Waals surface area contributed by atoms with Crippen LogP contribution in [0.3, 0.4) is 0 Å². The van der Waals surface area contributed by atoms with E-state index in [1.165, 1.54) is 12.4 Å². The van der Waals surface area contributed by atoms with Gasteiger partial charge in [0.15, 0.2) is 0 Å². The molecule has 1 heterocycles. The van der Waals surface area contributed by atoms with Crippen molar-refractivity contribution in [1.82, 2.24) is 15.2 Å². The maximum atomic E-state index is 12.7. The minimum atomic E-state index is -0.275. The monoisotopic (exact) mass is 323 g/mol. The number of benzene rings is 1. The summed E-state index contributed by atoms with van der Waals surface area (Å²) in [5.41, 5.74) is 1.82. The number of pyridine rings is 1. The van der Waals surface area contributed by atoms with Gasteiger partial charge in [0.05, 0.1) is 11.1 Å². The van der Waals surface area contributed by atoms with Crippen molar-refractivity contribution in [2.24, 2.45) is 0 Å². The van der Waals surface area contributed by atoms with E-state index in [1.54, 1.807) is 17.0 Å². The van der Waals surface area contributed by atoms with Gasteiger partial charge in [0, 0.05) is 32.0 Å². The number of rotatable bonds is 7. The Morgan fingerprint density at radius 3 is 2.58 bits per heavy atom. The van der Waals surface area contributed by atoms with E-state index in [2.05, 4.69) is 16.9 Å². The quantitative estimate of drug-likeness (QED) is 0.797. The summed E-state index contributed by atoms with van der Waals surface area (Å²) in [4.78, 5) is 30.4. The van der Waals surface area contributed by atoms with Gasteiger partial charge in [-0.05, 0) is 18.6 Å². The SMILES string of the molecule is C=CCNC(=O)c1cncc(C(=O)N(CC)Cc2ccccc2)c1. The molecule has 0 aliphatic heterocycles. The fourth-order valence-electron chi connectivity index (χ4n) is 2.26. The Morgan fingerprint density at radius 1 is 1.21 bits per heavy atom. The maximum absolute atomic E-state index is 12.7. The van der Waals surface area contributed by atoms with Crippen molar-refractivity contribution in [3.05, 3.63) is 78.1 Å². The number of amides is 2. The number of hydrogen-bond acceptors (Lipinski definition) is 3. The lowest BCUT2D eigenvalue weighted by Crippen LogP contribution is -2.31. The zero-order valence-corrected chi connectivity index (χ0v) is 13.7. The molecule has 1 aromatic heterocycles. The van der Waals surface area contributed by atoms with Crippen LogP contribution in [0.1, 0.15) is 33.2 Å². The van der Waals surface area contributed by atoms with Gasteiger partial charge in [0.25, 0.3) is 11.8 Å². The third-order valence-electron chi connectivity index (χ3n) is 3.54. The normalized spacial score (nSPS) is 10.0. The summed E-state index contributed by atoms with van der Waals surface area (Å²) < 4.78 is 0. The highest BCUT2D eigenvalue weighted by molar-refractivity contribution is 5.99. The Labute approximate surface area is 142 Å². The van der Waals surface area contributed by atoms with E-state index in [9.17, 15) is 9.59 Å². The highest BCUT2D eigenvalue weighted by Gasteiger charge is 2.16. The standard InChI is InChI=1S/C19H21N3O2/c1-3-10-21-18(23)16-11-17(13-20-12-16)19(24)22(4-2)14-15-8-6-5-7-9-15/h3,5-9,11-13H,1,4,10,14H2,2H3,(H,21,23). The largest absolute Gasteiger partial charge is 0.349 e. The summed E-state index contributed by atoms with van der Waals surface area (Å²) in [5.74, 6) is -0.421. The first kappa shape index (κ1) is 17.4. The average Bonchev–Trinajstić information content (AvgIpc) is 2.64. The highest BCUT2D eigenvalue weighted by Crippen LogP contribution is 2.11. The molecule has 0 unspecified atom stereocenters. The summed E-state index contributed by atoms with van der Waals surface area (Å²) in [7, 11) is 0. The molecule has 0 aliphatic carbocycles. The van der Waals surface area contributed by atoms with Gasteiger partial charge in [-0.15, -0.1) is 6.58 Å². The minimum Gasteiger partial charge on any atom is -0.349 e. The Hall–Kier alpha value is -2.95. The number of carbonyl (C=O) groups excluding carboxylic acids is 2. The van der Waals surface area contributed by atoms with Crippen LogP contribution in [0.2, 0.25) is 0 Å². The zero-order valence-electron chi connectivity index (χ0n) is 13.7. The van der Waals surface area contributed by atoms with Crippen LogP contribution in [0.15, 0.2) is 61.4 Å². The molecule has 24 heavy (non-hydrogen) atoms. The van der Waals surface area contributed by atoms with Crippen LogP contribution in [0.25, 0.3) is 0 Å². The van der Waals surface area contributed by atoms with Crippen molar-refractivity contribution >= 4 is 11.8 Å². The van der Waals surface area contributed by atoms with Crippen molar-refractivity contribution in [3.63, 3.8) is 0 Å². The molecule has 0 saturated heterocycles. The van der Waals surface area contributed by atoms with E-state index in [0.29, 0.717) is 30.8 Å². The number of aromatic nitrogens is 1. The molecule has 0 radical (unpaired) electrons. The first-order chi connectivity index (χ1) is 11.7. The Balaban J connectivity index is 2.15. The lowest BCUT2D eigenvalue weighted by atomic mass is 10.1. The lowest BCUT2D eigenvalue weighted by molar-refractivity contribution is 0.0752. The van der Waals surface area contributed by atoms with Gasteiger partial charge in [-0.3, -0.25) is 14.6 Å².